The third-order valence-electron chi connectivity index (χ3n) is 5.11. The van der Waals surface area contributed by atoms with Crippen molar-refractivity contribution in [3.05, 3.63) is 59.7 Å². The Bertz CT molecular complexity index is 1040. The predicted octanol–water partition coefficient (Wildman–Crippen LogP) is 3.20. The molecule has 9 heteroatoms. The Morgan fingerprint density at radius 1 is 1.03 bits per heavy atom. The summed E-state index contributed by atoms with van der Waals surface area (Å²) in [5, 5.41) is 0. The van der Waals surface area contributed by atoms with Crippen LogP contribution in [-0.4, -0.2) is 57.4 Å². The molecular formula is C24H29NO7S. The summed E-state index contributed by atoms with van der Waals surface area (Å²) in [7, 11) is -3.62. The molecule has 1 saturated heterocycles. The van der Waals surface area contributed by atoms with E-state index in [2.05, 4.69) is 0 Å². The van der Waals surface area contributed by atoms with E-state index in [1.54, 1.807) is 36.4 Å². The molecule has 0 amide bonds. The molecule has 2 aromatic rings. The van der Waals surface area contributed by atoms with E-state index in [0.717, 1.165) is 6.42 Å². The Morgan fingerprint density at radius 3 is 2.45 bits per heavy atom. The van der Waals surface area contributed by atoms with Crippen molar-refractivity contribution in [2.24, 2.45) is 0 Å². The largest absolute Gasteiger partial charge is 0.494 e. The number of esters is 1. The Balaban J connectivity index is 1.48. The molecule has 1 aliphatic heterocycles. The number of rotatable bonds is 11. The van der Waals surface area contributed by atoms with Crippen LogP contribution in [0.2, 0.25) is 0 Å². The maximum absolute atomic E-state index is 12.8. The summed E-state index contributed by atoms with van der Waals surface area (Å²) in [6.45, 7) is 3.91. The quantitative estimate of drug-likeness (QED) is 0.363. The smallest absolute Gasteiger partial charge is 0.306 e. The van der Waals surface area contributed by atoms with Gasteiger partial charge in [0.2, 0.25) is 10.0 Å². The Kier molecular flexibility index (Phi) is 8.99. The second kappa shape index (κ2) is 11.9. The highest BCUT2D eigenvalue weighted by molar-refractivity contribution is 7.89. The van der Waals surface area contributed by atoms with Crippen LogP contribution < -0.4 is 4.74 Å². The summed E-state index contributed by atoms with van der Waals surface area (Å²) < 4.78 is 42.9. The summed E-state index contributed by atoms with van der Waals surface area (Å²) in [6, 6.07) is 13.2. The average Bonchev–Trinajstić information content (AvgIpc) is 2.85. The van der Waals surface area contributed by atoms with Crippen molar-refractivity contribution in [2.75, 3.05) is 32.9 Å². The van der Waals surface area contributed by atoms with Gasteiger partial charge in [-0.05, 0) is 48.4 Å². The molecule has 1 aliphatic rings. The van der Waals surface area contributed by atoms with Crippen molar-refractivity contribution >= 4 is 21.8 Å². The number of morpholine rings is 1. The number of ether oxygens (including phenoxy) is 3. The van der Waals surface area contributed by atoms with Crippen molar-refractivity contribution in [1.29, 1.82) is 0 Å². The van der Waals surface area contributed by atoms with E-state index in [-0.39, 0.29) is 30.1 Å². The molecule has 0 bridgehead atoms. The SMILES string of the molecule is CCCOc1ccc(C(=O)CCC(=O)OCc2cccc(S(=O)(=O)N3CCOCC3)c2)cc1. The lowest BCUT2D eigenvalue weighted by Gasteiger charge is -2.26. The van der Waals surface area contributed by atoms with Gasteiger partial charge in [0.15, 0.2) is 5.78 Å². The first kappa shape index (κ1) is 24.9. The molecule has 1 heterocycles. The van der Waals surface area contributed by atoms with Gasteiger partial charge < -0.3 is 14.2 Å². The van der Waals surface area contributed by atoms with Crippen LogP contribution in [0.5, 0.6) is 5.75 Å². The lowest BCUT2D eigenvalue weighted by atomic mass is 10.1. The highest BCUT2D eigenvalue weighted by Gasteiger charge is 2.26. The second-order valence-corrected chi connectivity index (χ2v) is 9.56. The summed E-state index contributed by atoms with van der Waals surface area (Å²) in [4.78, 5) is 24.6. The van der Waals surface area contributed by atoms with E-state index in [1.807, 2.05) is 6.92 Å². The van der Waals surface area contributed by atoms with Crippen molar-refractivity contribution < 1.29 is 32.2 Å². The lowest BCUT2D eigenvalue weighted by molar-refractivity contribution is -0.144. The lowest BCUT2D eigenvalue weighted by Crippen LogP contribution is -2.40. The Hall–Kier alpha value is -2.75. The molecule has 0 unspecified atom stereocenters. The molecule has 0 atom stereocenters. The molecule has 33 heavy (non-hydrogen) atoms. The minimum Gasteiger partial charge on any atom is -0.494 e. The first-order valence-corrected chi connectivity index (χ1v) is 12.4. The Morgan fingerprint density at radius 2 is 1.76 bits per heavy atom. The third-order valence-corrected chi connectivity index (χ3v) is 7.01. The number of sulfonamides is 1. The number of ketones is 1. The number of carbonyl (C=O) groups is 2. The highest BCUT2D eigenvalue weighted by Crippen LogP contribution is 2.19. The maximum Gasteiger partial charge on any atom is 0.306 e. The van der Waals surface area contributed by atoms with Crippen LogP contribution in [0.4, 0.5) is 0 Å². The molecule has 1 fully saturated rings. The molecule has 8 nitrogen and oxygen atoms in total. The van der Waals surface area contributed by atoms with Crippen LogP contribution >= 0.6 is 0 Å². The second-order valence-electron chi connectivity index (χ2n) is 7.62. The van der Waals surface area contributed by atoms with Crippen LogP contribution in [0, 0.1) is 0 Å². The zero-order chi connectivity index (χ0) is 23.7. The summed E-state index contributed by atoms with van der Waals surface area (Å²) in [6.07, 6.45) is 0.870. The van der Waals surface area contributed by atoms with Gasteiger partial charge in [-0.3, -0.25) is 9.59 Å². The number of carbonyl (C=O) groups excluding carboxylic acids is 2. The molecule has 0 aromatic heterocycles. The van der Waals surface area contributed by atoms with Gasteiger partial charge in [-0.25, -0.2) is 8.42 Å². The summed E-state index contributed by atoms with van der Waals surface area (Å²) in [5.41, 5.74) is 1.07. The molecule has 178 valence electrons. The highest BCUT2D eigenvalue weighted by atomic mass is 32.2. The van der Waals surface area contributed by atoms with E-state index < -0.39 is 16.0 Å². The molecule has 0 radical (unpaired) electrons. The number of Topliss-reactive ketones (excluding diaryl/α,β-unsaturated/α-hetero) is 1. The van der Waals surface area contributed by atoms with E-state index in [4.69, 9.17) is 14.2 Å². The number of hydrogen-bond donors (Lipinski definition) is 0. The van der Waals surface area contributed by atoms with Gasteiger partial charge in [-0.1, -0.05) is 19.1 Å². The minimum atomic E-state index is -3.62. The average molecular weight is 476 g/mol. The fourth-order valence-corrected chi connectivity index (χ4v) is 4.76. The van der Waals surface area contributed by atoms with Gasteiger partial charge in [0.25, 0.3) is 0 Å². The number of nitrogens with zero attached hydrogens (tertiary/aromatic N) is 1. The van der Waals surface area contributed by atoms with Gasteiger partial charge in [0.05, 0.1) is 31.1 Å². The van der Waals surface area contributed by atoms with Crippen molar-refractivity contribution in [3.8, 4) is 5.75 Å². The summed E-state index contributed by atoms with van der Waals surface area (Å²) in [5.74, 6) is 0.0194. The van der Waals surface area contributed by atoms with Crippen LogP contribution in [0.25, 0.3) is 0 Å². The van der Waals surface area contributed by atoms with E-state index in [9.17, 15) is 18.0 Å². The molecule has 0 aliphatic carbocycles. The van der Waals surface area contributed by atoms with Crippen LogP contribution in [0.3, 0.4) is 0 Å². The van der Waals surface area contributed by atoms with E-state index in [0.29, 0.717) is 49.8 Å². The van der Waals surface area contributed by atoms with Crippen molar-refractivity contribution in [1.82, 2.24) is 4.31 Å². The van der Waals surface area contributed by atoms with Crippen molar-refractivity contribution in [2.45, 2.75) is 37.7 Å². The van der Waals surface area contributed by atoms with Crippen molar-refractivity contribution in [3.63, 3.8) is 0 Å². The zero-order valence-corrected chi connectivity index (χ0v) is 19.5. The van der Waals surface area contributed by atoms with E-state index in [1.165, 1.54) is 16.4 Å². The first-order chi connectivity index (χ1) is 15.9. The van der Waals surface area contributed by atoms with Crippen LogP contribution in [0.15, 0.2) is 53.4 Å². The monoisotopic (exact) mass is 475 g/mol. The predicted molar refractivity (Wildman–Crippen MR) is 122 cm³/mol. The normalized spacial score (nSPS) is 14.6. The fourth-order valence-electron chi connectivity index (χ4n) is 3.28. The van der Waals surface area contributed by atoms with Gasteiger partial charge in [-0.2, -0.15) is 4.31 Å². The minimum absolute atomic E-state index is 0.0272. The number of hydrogen-bond acceptors (Lipinski definition) is 7. The number of benzene rings is 2. The molecular weight excluding hydrogens is 446 g/mol. The zero-order valence-electron chi connectivity index (χ0n) is 18.7. The summed E-state index contributed by atoms with van der Waals surface area (Å²) >= 11 is 0. The standard InChI is InChI=1S/C24H29NO7S/c1-2-14-31-21-8-6-20(7-9-21)23(26)10-11-24(27)32-18-19-4-3-5-22(17-19)33(28,29)25-12-15-30-16-13-25/h3-9,17H,2,10-16,18H2,1H3. The Labute approximate surface area is 194 Å². The topological polar surface area (TPSA) is 99.2 Å². The molecule has 0 saturated carbocycles. The first-order valence-electron chi connectivity index (χ1n) is 11.0. The van der Waals surface area contributed by atoms with Gasteiger partial charge >= 0.3 is 5.97 Å². The molecule has 2 aromatic carbocycles. The molecule has 3 rings (SSSR count). The van der Waals surface area contributed by atoms with Gasteiger partial charge in [0, 0.05) is 25.1 Å². The van der Waals surface area contributed by atoms with E-state index >= 15 is 0 Å². The maximum atomic E-state index is 12.8. The van der Waals surface area contributed by atoms with Crippen LogP contribution in [0.1, 0.15) is 42.1 Å². The molecule has 0 N–H and O–H groups in total. The van der Waals surface area contributed by atoms with Crippen LogP contribution in [-0.2, 0) is 30.9 Å². The van der Waals surface area contributed by atoms with Gasteiger partial charge in [0.1, 0.15) is 12.4 Å². The third kappa shape index (κ3) is 7.12. The van der Waals surface area contributed by atoms with Gasteiger partial charge in [-0.15, -0.1) is 0 Å². The molecule has 0 spiro atoms. The fraction of sp³-hybridized carbons (Fsp3) is 0.417.